The van der Waals surface area contributed by atoms with Crippen molar-refractivity contribution in [3.8, 4) is 5.75 Å². The van der Waals surface area contributed by atoms with Crippen LogP contribution in [0.5, 0.6) is 5.75 Å². The Morgan fingerprint density at radius 1 is 1.31 bits per heavy atom. The van der Waals surface area contributed by atoms with Gasteiger partial charge in [0, 0.05) is 44.4 Å². The molecular weight excluding hydrogens is 332 g/mol. The van der Waals surface area contributed by atoms with E-state index in [1.54, 1.807) is 12.4 Å². The Labute approximate surface area is 151 Å². The van der Waals surface area contributed by atoms with Gasteiger partial charge in [0.1, 0.15) is 23.9 Å². The van der Waals surface area contributed by atoms with E-state index >= 15 is 0 Å². The van der Waals surface area contributed by atoms with Crippen LogP contribution in [0.3, 0.4) is 0 Å². The molecular formula is C18H22N6O2. The molecule has 0 amide bonds. The second kappa shape index (κ2) is 7.25. The predicted octanol–water partition coefficient (Wildman–Crippen LogP) is 2.00. The van der Waals surface area contributed by atoms with E-state index in [9.17, 15) is 0 Å². The molecule has 1 aliphatic heterocycles. The minimum atomic E-state index is 0.351. The Bertz CT molecular complexity index is 860. The number of rotatable bonds is 5. The number of nitrogens with zero attached hydrogens (tertiary/aromatic N) is 6. The number of aromatic nitrogens is 5. The minimum Gasteiger partial charge on any atom is -0.484 e. The van der Waals surface area contributed by atoms with Crippen LogP contribution in [0, 0.1) is 6.92 Å². The number of hydrogen-bond acceptors (Lipinski definition) is 7. The summed E-state index contributed by atoms with van der Waals surface area (Å²) in [4.78, 5) is 6.46. The number of pyridine rings is 1. The Hall–Kier alpha value is -2.74. The Kier molecular flexibility index (Phi) is 4.66. The summed E-state index contributed by atoms with van der Waals surface area (Å²) in [6.45, 7) is 7.02. The first-order valence-corrected chi connectivity index (χ1v) is 8.79. The van der Waals surface area contributed by atoms with Crippen LogP contribution in [0.25, 0.3) is 0 Å². The van der Waals surface area contributed by atoms with Crippen LogP contribution < -0.4 is 4.74 Å². The maximum absolute atomic E-state index is 5.79. The third-order valence-electron chi connectivity index (χ3n) is 4.66. The average Bonchev–Trinajstić information content (AvgIpc) is 3.19. The fraction of sp³-hybridized carbons (Fsp3) is 0.444. The average molecular weight is 354 g/mol. The second-order valence-electron chi connectivity index (χ2n) is 6.61. The Morgan fingerprint density at radius 2 is 2.23 bits per heavy atom. The molecule has 26 heavy (non-hydrogen) atoms. The van der Waals surface area contributed by atoms with Gasteiger partial charge in [0.2, 0.25) is 0 Å². The molecule has 4 rings (SSSR count). The molecule has 0 fully saturated rings. The van der Waals surface area contributed by atoms with Crippen LogP contribution in [0.4, 0.5) is 0 Å². The van der Waals surface area contributed by atoms with E-state index in [0.717, 1.165) is 54.9 Å². The summed E-state index contributed by atoms with van der Waals surface area (Å²) in [6, 6.07) is 6.08. The van der Waals surface area contributed by atoms with Crippen LogP contribution in [-0.2, 0) is 26.1 Å². The molecule has 0 saturated carbocycles. The van der Waals surface area contributed by atoms with Gasteiger partial charge in [-0.05, 0) is 26.0 Å². The van der Waals surface area contributed by atoms with Gasteiger partial charge >= 0.3 is 0 Å². The normalized spacial score (nSPS) is 17.7. The summed E-state index contributed by atoms with van der Waals surface area (Å²) in [5.74, 6) is 3.42. The second-order valence-corrected chi connectivity index (χ2v) is 6.61. The van der Waals surface area contributed by atoms with Gasteiger partial charge in [0.15, 0.2) is 5.82 Å². The lowest BCUT2D eigenvalue weighted by Gasteiger charge is -2.25. The van der Waals surface area contributed by atoms with E-state index in [2.05, 4.69) is 36.7 Å². The van der Waals surface area contributed by atoms with Crippen molar-refractivity contribution in [3.63, 3.8) is 0 Å². The number of fused-ring (bicyclic) bond motifs is 1. The quantitative estimate of drug-likeness (QED) is 0.693. The first-order valence-electron chi connectivity index (χ1n) is 8.79. The van der Waals surface area contributed by atoms with E-state index < -0.39 is 0 Å². The van der Waals surface area contributed by atoms with Crippen LogP contribution >= 0.6 is 0 Å². The highest BCUT2D eigenvalue weighted by molar-refractivity contribution is 5.15. The van der Waals surface area contributed by atoms with Crippen LogP contribution in [0.2, 0.25) is 0 Å². The van der Waals surface area contributed by atoms with Crippen molar-refractivity contribution in [1.29, 1.82) is 0 Å². The smallest absolute Gasteiger partial charge is 0.171 e. The van der Waals surface area contributed by atoms with Gasteiger partial charge in [-0.3, -0.25) is 9.88 Å². The maximum Gasteiger partial charge on any atom is 0.171 e. The van der Waals surface area contributed by atoms with Crippen molar-refractivity contribution in [3.05, 3.63) is 53.7 Å². The summed E-state index contributed by atoms with van der Waals surface area (Å²) >= 11 is 0. The lowest BCUT2D eigenvalue weighted by molar-refractivity contribution is 0.195. The molecule has 3 aromatic rings. The molecule has 0 unspecified atom stereocenters. The molecule has 8 nitrogen and oxygen atoms in total. The zero-order valence-corrected chi connectivity index (χ0v) is 15.0. The van der Waals surface area contributed by atoms with Gasteiger partial charge in [-0.25, -0.2) is 0 Å². The largest absolute Gasteiger partial charge is 0.484 e. The van der Waals surface area contributed by atoms with Crippen molar-refractivity contribution in [2.45, 2.75) is 46.0 Å². The van der Waals surface area contributed by atoms with Gasteiger partial charge < -0.3 is 13.8 Å². The van der Waals surface area contributed by atoms with Gasteiger partial charge in [-0.15, -0.1) is 10.2 Å². The van der Waals surface area contributed by atoms with Crippen molar-refractivity contribution >= 4 is 0 Å². The fourth-order valence-corrected chi connectivity index (χ4v) is 3.25. The molecule has 0 radical (unpaired) electrons. The number of ether oxygens (including phenoxy) is 1. The molecule has 4 heterocycles. The predicted molar refractivity (Wildman–Crippen MR) is 93.4 cm³/mol. The summed E-state index contributed by atoms with van der Waals surface area (Å²) in [7, 11) is 0. The highest BCUT2D eigenvalue weighted by Crippen LogP contribution is 2.18. The zero-order chi connectivity index (χ0) is 17.9. The summed E-state index contributed by atoms with van der Waals surface area (Å²) in [5, 5.41) is 12.8. The molecule has 136 valence electrons. The van der Waals surface area contributed by atoms with Gasteiger partial charge in [-0.2, -0.15) is 0 Å². The molecule has 0 spiro atoms. The lowest BCUT2D eigenvalue weighted by atomic mass is 10.2. The monoisotopic (exact) mass is 354 g/mol. The molecule has 1 aliphatic rings. The molecule has 0 aliphatic carbocycles. The van der Waals surface area contributed by atoms with Crippen molar-refractivity contribution in [1.82, 2.24) is 29.8 Å². The van der Waals surface area contributed by atoms with Crippen molar-refractivity contribution in [2.75, 3.05) is 6.54 Å². The third kappa shape index (κ3) is 3.60. The standard InChI is InChI=1S/C18H22N6O2/c1-13-8-17-20-21-18(12-25-16-4-3-5-19-10-16)24(17)7-6-23(13)11-15-9-14(2)26-22-15/h3-5,9-10,13H,6-8,11-12H2,1-2H3/t13-/m0/s1. The Balaban J connectivity index is 1.44. The molecule has 8 heteroatoms. The minimum absolute atomic E-state index is 0.351. The van der Waals surface area contributed by atoms with Gasteiger partial charge in [0.25, 0.3) is 0 Å². The zero-order valence-electron chi connectivity index (χ0n) is 15.0. The lowest BCUT2D eigenvalue weighted by Crippen LogP contribution is -2.34. The Morgan fingerprint density at radius 3 is 3.00 bits per heavy atom. The highest BCUT2D eigenvalue weighted by atomic mass is 16.5. The van der Waals surface area contributed by atoms with E-state index in [1.165, 1.54) is 0 Å². The summed E-state index contributed by atoms with van der Waals surface area (Å²) in [6.07, 6.45) is 4.27. The van der Waals surface area contributed by atoms with Gasteiger partial charge in [0.05, 0.1) is 11.9 Å². The van der Waals surface area contributed by atoms with E-state index in [-0.39, 0.29) is 0 Å². The number of hydrogen-bond donors (Lipinski definition) is 0. The molecule has 1 atom stereocenters. The maximum atomic E-state index is 5.79. The molecule has 0 aromatic carbocycles. The third-order valence-corrected chi connectivity index (χ3v) is 4.66. The first kappa shape index (κ1) is 16.7. The number of aryl methyl sites for hydroxylation is 1. The van der Waals surface area contributed by atoms with Gasteiger partial charge in [-0.1, -0.05) is 5.16 Å². The summed E-state index contributed by atoms with van der Waals surface area (Å²) < 4.78 is 13.1. The highest BCUT2D eigenvalue weighted by Gasteiger charge is 2.24. The van der Waals surface area contributed by atoms with Crippen LogP contribution in [-0.4, -0.2) is 42.4 Å². The molecule has 3 aromatic heterocycles. The van der Waals surface area contributed by atoms with Crippen LogP contribution in [0.15, 0.2) is 35.1 Å². The SMILES string of the molecule is Cc1cc(CN2CCn3c(COc4cccnc4)nnc3C[C@@H]2C)no1. The van der Waals surface area contributed by atoms with Crippen LogP contribution in [0.1, 0.15) is 30.0 Å². The molecule has 0 saturated heterocycles. The first-order chi connectivity index (χ1) is 12.7. The van der Waals surface area contributed by atoms with E-state index in [1.807, 2.05) is 25.1 Å². The van der Waals surface area contributed by atoms with E-state index in [4.69, 9.17) is 9.26 Å². The molecule has 0 bridgehead atoms. The van der Waals surface area contributed by atoms with Crippen molar-refractivity contribution in [2.24, 2.45) is 0 Å². The van der Waals surface area contributed by atoms with Crippen molar-refractivity contribution < 1.29 is 9.26 Å². The topological polar surface area (TPSA) is 82.1 Å². The molecule has 0 N–H and O–H groups in total. The summed E-state index contributed by atoms with van der Waals surface area (Å²) in [5.41, 5.74) is 0.965. The van der Waals surface area contributed by atoms with E-state index in [0.29, 0.717) is 12.6 Å². The fourth-order valence-electron chi connectivity index (χ4n) is 3.25.